The summed E-state index contributed by atoms with van der Waals surface area (Å²) in [6.07, 6.45) is 2.94. The highest BCUT2D eigenvalue weighted by Gasteiger charge is 2.33. The zero-order valence-electron chi connectivity index (χ0n) is 7.10. The summed E-state index contributed by atoms with van der Waals surface area (Å²) < 4.78 is 0. The normalized spacial score (nSPS) is 29.8. The molecule has 1 aliphatic carbocycles. The second-order valence-corrected chi connectivity index (χ2v) is 3.34. The third kappa shape index (κ3) is 1.45. The van der Waals surface area contributed by atoms with Crippen LogP contribution in [0.25, 0.3) is 0 Å². The van der Waals surface area contributed by atoms with Crippen molar-refractivity contribution in [3.05, 3.63) is 23.3 Å². The van der Waals surface area contributed by atoms with E-state index in [1.54, 1.807) is 0 Å². The summed E-state index contributed by atoms with van der Waals surface area (Å²) >= 11 is 5.48. The lowest BCUT2D eigenvalue weighted by Gasteiger charge is -2.23. The number of halogens is 1. The first-order chi connectivity index (χ1) is 5.49. The summed E-state index contributed by atoms with van der Waals surface area (Å²) in [5, 5.41) is 9.63. The second kappa shape index (κ2) is 3.04. The molecule has 0 bridgehead atoms. The van der Waals surface area contributed by atoms with Crippen LogP contribution in [0.3, 0.4) is 0 Å². The monoisotopic (exact) mass is 186 g/mol. The molecule has 0 aromatic carbocycles. The standard InChI is InChI=1S/C9H11ClO2/c1-6-3-8(11)9(12,5-10)4-7(6)2/h3-4,12H,5H2,1-2H3. The highest BCUT2D eigenvalue weighted by molar-refractivity contribution is 6.22. The van der Waals surface area contributed by atoms with Gasteiger partial charge in [0, 0.05) is 0 Å². The van der Waals surface area contributed by atoms with E-state index in [0.29, 0.717) is 0 Å². The van der Waals surface area contributed by atoms with Crippen molar-refractivity contribution in [2.75, 3.05) is 5.88 Å². The Hall–Kier alpha value is -0.600. The van der Waals surface area contributed by atoms with Crippen LogP contribution in [0.5, 0.6) is 0 Å². The van der Waals surface area contributed by atoms with Crippen LogP contribution in [0, 0.1) is 0 Å². The minimum atomic E-state index is -1.48. The fourth-order valence-electron chi connectivity index (χ4n) is 1.08. The van der Waals surface area contributed by atoms with Crippen LogP contribution < -0.4 is 0 Å². The maximum atomic E-state index is 11.2. The predicted molar refractivity (Wildman–Crippen MR) is 48.2 cm³/mol. The molecule has 0 aromatic heterocycles. The molecule has 0 spiro atoms. The van der Waals surface area contributed by atoms with Gasteiger partial charge in [0.1, 0.15) is 0 Å². The molecule has 66 valence electrons. The van der Waals surface area contributed by atoms with Gasteiger partial charge in [-0.15, -0.1) is 11.6 Å². The summed E-state index contributed by atoms with van der Waals surface area (Å²) in [5.41, 5.74) is 0.304. The molecule has 1 unspecified atom stereocenters. The lowest BCUT2D eigenvalue weighted by Crippen LogP contribution is -2.39. The van der Waals surface area contributed by atoms with E-state index < -0.39 is 5.60 Å². The second-order valence-electron chi connectivity index (χ2n) is 3.08. The van der Waals surface area contributed by atoms with Gasteiger partial charge in [0.25, 0.3) is 0 Å². The number of aliphatic hydroxyl groups is 1. The number of allylic oxidation sites excluding steroid dienone is 2. The molecule has 0 radical (unpaired) electrons. The average molecular weight is 187 g/mol. The van der Waals surface area contributed by atoms with Gasteiger partial charge in [-0.25, -0.2) is 0 Å². The molecule has 1 N–H and O–H groups in total. The van der Waals surface area contributed by atoms with Gasteiger partial charge < -0.3 is 5.11 Å². The van der Waals surface area contributed by atoms with Crippen LogP contribution in [0.4, 0.5) is 0 Å². The van der Waals surface area contributed by atoms with E-state index in [9.17, 15) is 9.90 Å². The summed E-state index contributed by atoms with van der Waals surface area (Å²) in [4.78, 5) is 11.2. The van der Waals surface area contributed by atoms with Crippen molar-refractivity contribution < 1.29 is 9.90 Å². The van der Waals surface area contributed by atoms with Gasteiger partial charge in [0.05, 0.1) is 5.88 Å². The van der Waals surface area contributed by atoms with Crippen molar-refractivity contribution in [2.45, 2.75) is 19.4 Å². The van der Waals surface area contributed by atoms with Gasteiger partial charge >= 0.3 is 0 Å². The first kappa shape index (κ1) is 9.49. The van der Waals surface area contributed by atoms with Crippen molar-refractivity contribution in [3.63, 3.8) is 0 Å². The van der Waals surface area contributed by atoms with Gasteiger partial charge in [0.15, 0.2) is 11.4 Å². The Morgan fingerprint density at radius 2 is 2.08 bits per heavy atom. The molecule has 0 aliphatic heterocycles. The summed E-state index contributed by atoms with van der Waals surface area (Å²) in [6.45, 7) is 3.67. The summed E-state index contributed by atoms with van der Waals surface area (Å²) in [6, 6.07) is 0. The molecular formula is C9H11ClO2. The van der Waals surface area contributed by atoms with Crippen LogP contribution in [-0.4, -0.2) is 22.4 Å². The van der Waals surface area contributed by atoms with Gasteiger partial charge in [-0.1, -0.05) is 0 Å². The Balaban J connectivity index is 3.07. The molecule has 0 amide bonds. The van der Waals surface area contributed by atoms with E-state index in [4.69, 9.17) is 11.6 Å². The third-order valence-electron chi connectivity index (χ3n) is 2.06. The summed E-state index contributed by atoms with van der Waals surface area (Å²) in [7, 11) is 0. The van der Waals surface area contributed by atoms with Crippen LogP contribution in [0.1, 0.15) is 13.8 Å². The van der Waals surface area contributed by atoms with Gasteiger partial charge in [-0.2, -0.15) is 0 Å². The Morgan fingerprint density at radius 1 is 1.50 bits per heavy atom. The Bertz CT molecular complexity index is 278. The number of alkyl halides is 1. The molecule has 0 aromatic rings. The first-order valence-electron chi connectivity index (χ1n) is 3.70. The number of ketones is 1. The fourth-order valence-corrected chi connectivity index (χ4v) is 1.29. The highest BCUT2D eigenvalue weighted by Crippen LogP contribution is 2.23. The molecule has 1 atom stereocenters. The predicted octanol–water partition coefficient (Wildman–Crippen LogP) is 1.43. The third-order valence-corrected chi connectivity index (χ3v) is 2.46. The quantitative estimate of drug-likeness (QED) is 0.630. The molecule has 2 nitrogen and oxygen atoms in total. The number of carbonyl (C=O) groups excluding carboxylic acids is 1. The zero-order chi connectivity index (χ0) is 9.35. The lowest BCUT2D eigenvalue weighted by atomic mass is 9.88. The molecule has 1 rings (SSSR count). The van der Waals surface area contributed by atoms with Crippen LogP contribution in [0.15, 0.2) is 23.3 Å². The van der Waals surface area contributed by atoms with Crippen LogP contribution in [0.2, 0.25) is 0 Å². The van der Waals surface area contributed by atoms with E-state index in [2.05, 4.69) is 0 Å². The van der Waals surface area contributed by atoms with E-state index in [0.717, 1.165) is 11.1 Å². The number of hydrogen-bond donors (Lipinski definition) is 1. The zero-order valence-corrected chi connectivity index (χ0v) is 7.85. The van der Waals surface area contributed by atoms with Gasteiger partial charge in [0.2, 0.25) is 0 Å². The van der Waals surface area contributed by atoms with Crippen LogP contribution in [-0.2, 0) is 4.79 Å². The van der Waals surface area contributed by atoms with Gasteiger partial charge in [-0.3, -0.25) is 4.79 Å². The van der Waals surface area contributed by atoms with Crippen molar-refractivity contribution in [2.24, 2.45) is 0 Å². The van der Waals surface area contributed by atoms with Crippen LogP contribution >= 0.6 is 11.6 Å². The van der Waals surface area contributed by atoms with Crippen molar-refractivity contribution in [1.82, 2.24) is 0 Å². The molecule has 12 heavy (non-hydrogen) atoms. The van der Waals surface area contributed by atoms with Crippen molar-refractivity contribution in [3.8, 4) is 0 Å². The molecule has 0 fully saturated rings. The smallest absolute Gasteiger partial charge is 0.192 e. The highest BCUT2D eigenvalue weighted by atomic mass is 35.5. The maximum Gasteiger partial charge on any atom is 0.192 e. The average Bonchev–Trinajstić information content (AvgIpc) is 2.01. The molecule has 0 saturated carbocycles. The minimum absolute atomic E-state index is 0.0903. The molecule has 0 heterocycles. The van der Waals surface area contributed by atoms with E-state index >= 15 is 0 Å². The Kier molecular flexibility index (Phi) is 2.40. The number of carbonyl (C=O) groups is 1. The fraction of sp³-hybridized carbons (Fsp3) is 0.444. The van der Waals surface area contributed by atoms with Crippen molar-refractivity contribution in [1.29, 1.82) is 0 Å². The summed E-state index contributed by atoms with van der Waals surface area (Å²) in [5.74, 6) is -0.423. The first-order valence-corrected chi connectivity index (χ1v) is 4.24. The SMILES string of the molecule is CC1=CC(=O)C(O)(CCl)C=C1C. The largest absolute Gasteiger partial charge is 0.376 e. The number of rotatable bonds is 1. The topological polar surface area (TPSA) is 37.3 Å². The number of hydrogen-bond acceptors (Lipinski definition) is 2. The lowest BCUT2D eigenvalue weighted by molar-refractivity contribution is -0.126. The van der Waals surface area contributed by atoms with E-state index in [1.807, 2.05) is 13.8 Å². The molecular weight excluding hydrogens is 176 g/mol. The Morgan fingerprint density at radius 3 is 2.58 bits per heavy atom. The Labute approximate surface area is 76.5 Å². The molecule has 1 aliphatic rings. The minimum Gasteiger partial charge on any atom is -0.376 e. The maximum absolute atomic E-state index is 11.2. The van der Waals surface area contributed by atoms with E-state index in [-0.39, 0.29) is 11.7 Å². The molecule has 0 saturated heterocycles. The van der Waals surface area contributed by atoms with Gasteiger partial charge in [-0.05, 0) is 37.1 Å². The van der Waals surface area contributed by atoms with Crippen molar-refractivity contribution >= 4 is 17.4 Å². The molecule has 3 heteroatoms. The van der Waals surface area contributed by atoms with E-state index in [1.165, 1.54) is 12.2 Å².